The van der Waals surface area contributed by atoms with Gasteiger partial charge in [0.25, 0.3) is 5.91 Å². The highest BCUT2D eigenvalue weighted by Gasteiger charge is 2.43. The summed E-state index contributed by atoms with van der Waals surface area (Å²) in [6, 6.07) is 8.06. The highest BCUT2D eigenvalue weighted by atomic mass is 16.5. The summed E-state index contributed by atoms with van der Waals surface area (Å²) in [5, 5.41) is 0. The highest BCUT2D eigenvalue weighted by molar-refractivity contribution is 5.92. The maximum Gasteiger partial charge on any atom is 0.274 e. The number of amides is 2. The molecule has 0 atom stereocenters. The van der Waals surface area contributed by atoms with Crippen LogP contribution in [-0.2, 0) is 11.3 Å². The molecule has 2 aliphatic rings. The van der Waals surface area contributed by atoms with E-state index in [4.69, 9.17) is 4.74 Å². The Balaban J connectivity index is 1.50. The second kappa shape index (κ2) is 7.81. The molecule has 1 spiro atoms. The monoisotopic (exact) mass is 394 g/mol. The average Bonchev–Trinajstić information content (AvgIpc) is 2.90. The maximum atomic E-state index is 12.7. The van der Waals surface area contributed by atoms with Crippen molar-refractivity contribution >= 4 is 11.8 Å². The van der Waals surface area contributed by atoms with E-state index in [1.165, 1.54) is 12.4 Å². The molecule has 0 bridgehead atoms. The Labute approximate surface area is 170 Å². The van der Waals surface area contributed by atoms with Crippen LogP contribution in [0.4, 0.5) is 0 Å². The van der Waals surface area contributed by atoms with Crippen LogP contribution in [0, 0.1) is 0 Å². The molecule has 1 aliphatic carbocycles. The third-order valence-electron chi connectivity index (χ3n) is 6.10. The van der Waals surface area contributed by atoms with Gasteiger partial charge in [0.1, 0.15) is 17.0 Å². The first-order chi connectivity index (χ1) is 14.0. The fourth-order valence-corrected chi connectivity index (χ4v) is 4.36. The molecule has 0 N–H and O–H groups in total. The van der Waals surface area contributed by atoms with Crippen LogP contribution in [0.2, 0.25) is 0 Å². The van der Waals surface area contributed by atoms with Gasteiger partial charge >= 0.3 is 0 Å². The van der Waals surface area contributed by atoms with Crippen LogP contribution in [0.1, 0.15) is 48.7 Å². The molecule has 29 heavy (non-hydrogen) atoms. The van der Waals surface area contributed by atoms with Gasteiger partial charge < -0.3 is 14.5 Å². The Morgan fingerprint density at radius 2 is 1.97 bits per heavy atom. The predicted octanol–water partition coefficient (Wildman–Crippen LogP) is 2.67. The molecule has 7 heteroatoms. The summed E-state index contributed by atoms with van der Waals surface area (Å²) in [5.74, 6) is 0.803. The summed E-state index contributed by atoms with van der Waals surface area (Å²) >= 11 is 0. The zero-order valence-corrected chi connectivity index (χ0v) is 16.9. The fraction of sp³-hybridized carbons (Fsp3) is 0.455. The van der Waals surface area contributed by atoms with Crippen molar-refractivity contribution in [3.05, 3.63) is 54.1 Å². The molecule has 1 saturated carbocycles. The van der Waals surface area contributed by atoms with Crippen LogP contribution in [-0.4, -0.2) is 56.8 Å². The van der Waals surface area contributed by atoms with Gasteiger partial charge in [-0.15, -0.1) is 0 Å². The number of benzene rings is 1. The Hall–Kier alpha value is -2.96. The SMILES string of the molecule is CC(=O)N1Cc2ccccc2OC2(CCC(N(C)C(=O)c3cnccn3)CC2)C1. The van der Waals surface area contributed by atoms with E-state index in [9.17, 15) is 9.59 Å². The van der Waals surface area contributed by atoms with E-state index in [1.54, 1.807) is 18.0 Å². The topological polar surface area (TPSA) is 75.6 Å². The summed E-state index contributed by atoms with van der Waals surface area (Å²) in [5.41, 5.74) is 0.986. The van der Waals surface area contributed by atoms with Crippen LogP contribution in [0.15, 0.2) is 42.9 Å². The summed E-state index contributed by atoms with van der Waals surface area (Å²) < 4.78 is 6.52. The van der Waals surface area contributed by atoms with Gasteiger partial charge in [-0.05, 0) is 31.7 Å². The highest BCUT2D eigenvalue weighted by Crippen LogP contribution is 2.39. The molecule has 4 rings (SSSR count). The van der Waals surface area contributed by atoms with Crippen LogP contribution < -0.4 is 4.74 Å². The largest absolute Gasteiger partial charge is 0.485 e. The number of aromatic nitrogens is 2. The average molecular weight is 394 g/mol. The van der Waals surface area contributed by atoms with E-state index in [-0.39, 0.29) is 17.9 Å². The molecule has 1 aromatic heterocycles. The Morgan fingerprint density at radius 3 is 2.66 bits per heavy atom. The number of carbonyl (C=O) groups is 2. The Kier molecular flexibility index (Phi) is 5.22. The number of carbonyl (C=O) groups excluding carboxylic acids is 2. The molecule has 152 valence electrons. The lowest BCUT2D eigenvalue weighted by atomic mass is 9.81. The number of para-hydroxylation sites is 1. The Bertz CT molecular complexity index is 894. The van der Waals surface area contributed by atoms with E-state index in [2.05, 4.69) is 9.97 Å². The lowest BCUT2D eigenvalue weighted by Gasteiger charge is -2.43. The van der Waals surface area contributed by atoms with Gasteiger partial charge in [0.05, 0.1) is 12.7 Å². The van der Waals surface area contributed by atoms with E-state index < -0.39 is 5.60 Å². The van der Waals surface area contributed by atoms with Crippen molar-refractivity contribution < 1.29 is 14.3 Å². The molecule has 1 fully saturated rings. The number of rotatable bonds is 2. The standard InChI is InChI=1S/C22H26N4O3/c1-16(27)26-14-17-5-3-4-6-20(17)29-22(15-26)9-7-18(8-10-22)25(2)21(28)19-13-23-11-12-24-19/h3-6,11-13,18H,7-10,14-15H2,1-2H3. The molecule has 1 aromatic carbocycles. The molecule has 2 heterocycles. The van der Waals surface area contributed by atoms with Gasteiger partial charge in [-0.25, -0.2) is 4.98 Å². The maximum absolute atomic E-state index is 12.7. The molecular weight excluding hydrogens is 368 g/mol. The smallest absolute Gasteiger partial charge is 0.274 e. The number of ether oxygens (including phenoxy) is 1. The zero-order valence-electron chi connectivity index (χ0n) is 16.9. The van der Waals surface area contributed by atoms with Crippen molar-refractivity contribution in [3.63, 3.8) is 0 Å². The quantitative estimate of drug-likeness (QED) is 0.783. The third-order valence-corrected chi connectivity index (χ3v) is 6.10. The van der Waals surface area contributed by atoms with Crippen molar-refractivity contribution in [2.45, 2.75) is 50.8 Å². The molecule has 7 nitrogen and oxygen atoms in total. The van der Waals surface area contributed by atoms with Crippen LogP contribution in [0.5, 0.6) is 5.75 Å². The van der Waals surface area contributed by atoms with Crippen molar-refractivity contribution in [2.24, 2.45) is 0 Å². The first kappa shape index (κ1) is 19.4. The van der Waals surface area contributed by atoms with Crippen LogP contribution in [0.25, 0.3) is 0 Å². The summed E-state index contributed by atoms with van der Waals surface area (Å²) in [7, 11) is 1.82. The van der Waals surface area contributed by atoms with Gasteiger partial charge in [-0.2, -0.15) is 0 Å². The summed E-state index contributed by atoms with van der Waals surface area (Å²) in [4.78, 5) is 36.7. The molecule has 2 amide bonds. The number of hydrogen-bond acceptors (Lipinski definition) is 5. The number of fused-ring (bicyclic) bond motifs is 1. The first-order valence-corrected chi connectivity index (χ1v) is 10.0. The van der Waals surface area contributed by atoms with E-state index in [0.717, 1.165) is 37.0 Å². The number of nitrogens with zero attached hydrogens (tertiary/aromatic N) is 4. The molecule has 2 aromatic rings. The van der Waals surface area contributed by atoms with Gasteiger partial charge in [-0.1, -0.05) is 18.2 Å². The molecule has 0 radical (unpaired) electrons. The first-order valence-electron chi connectivity index (χ1n) is 10.0. The minimum atomic E-state index is -0.411. The molecule has 0 saturated heterocycles. The van der Waals surface area contributed by atoms with Crippen molar-refractivity contribution in [2.75, 3.05) is 13.6 Å². The number of hydrogen-bond donors (Lipinski definition) is 0. The van der Waals surface area contributed by atoms with E-state index in [1.807, 2.05) is 36.2 Å². The van der Waals surface area contributed by atoms with Gasteiger partial charge in [0.15, 0.2) is 0 Å². The zero-order chi connectivity index (χ0) is 20.4. The molecular formula is C22H26N4O3. The third kappa shape index (κ3) is 3.95. The van der Waals surface area contributed by atoms with Crippen LogP contribution >= 0.6 is 0 Å². The van der Waals surface area contributed by atoms with Gasteiger partial charge in [0.2, 0.25) is 5.91 Å². The second-order valence-corrected chi connectivity index (χ2v) is 8.01. The van der Waals surface area contributed by atoms with Gasteiger partial charge in [0, 0.05) is 44.5 Å². The predicted molar refractivity (Wildman–Crippen MR) is 107 cm³/mol. The lowest BCUT2D eigenvalue weighted by Crippen LogP contribution is -2.52. The van der Waals surface area contributed by atoms with E-state index in [0.29, 0.717) is 18.8 Å². The van der Waals surface area contributed by atoms with Crippen molar-refractivity contribution in [1.29, 1.82) is 0 Å². The Morgan fingerprint density at radius 1 is 1.21 bits per heavy atom. The summed E-state index contributed by atoms with van der Waals surface area (Å²) in [6.07, 6.45) is 7.79. The van der Waals surface area contributed by atoms with Crippen LogP contribution in [0.3, 0.4) is 0 Å². The van der Waals surface area contributed by atoms with Gasteiger partial charge in [-0.3, -0.25) is 14.6 Å². The molecule has 1 aliphatic heterocycles. The van der Waals surface area contributed by atoms with Crippen molar-refractivity contribution in [1.82, 2.24) is 19.8 Å². The lowest BCUT2D eigenvalue weighted by molar-refractivity contribution is -0.132. The fourth-order valence-electron chi connectivity index (χ4n) is 4.36. The summed E-state index contributed by atoms with van der Waals surface area (Å²) in [6.45, 7) is 2.76. The molecule has 0 unspecified atom stereocenters. The minimum Gasteiger partial charge on any atom is -0.485 e. The van der Waals surface area contributed by atoms with E-state index >= 15 is 0 Å². The van der Waals surface area contributed by atoms with Crippen molar-refractivity contribution in [3.8, 4) is 5.75 Å². The normalized spacial score (nSPS) is 23.7. The minimum absolute atomic E-state index is 0.0572. The second-order valence-electron chi connectivity index (χ2n) is 8.01.